The molecule has 0 aliphatic heterocycles. The minimum atomic E-state index is -0.581. The highest BCUT2D eigenvalue weighted by Gasteiger charge is 2.04. The van der Waals surface area contributed by atoms with Gasteiger partial charge in [0.2, 0.25) is 5.95 Å². The van der Waals surface area contributed by atoms with E-state index in [1.165, 1.54) is 12.3 Å². The fraction of sp³-hybridized carbons (Fsp3) is 0. The summed E-state index contributed by atoms with van der Waals surface area (Å²) in [6, 6.07) is 7.88. The van der Waals surface area contributed by atoms with Crippen molar-refractivity contribution in [3.05, 3.63) is 52.0 Å². The molecule has 1 aromatic heterocycles. The van der Waals surface area contributed by atoms with Gasteiger partial charge >= 0.3 is 0 Å². The molecular weight excluding hydrogens is 296 g/mol. The average molecular weight is 303 g/mol. The molecule has 0 N–H and O–H groups in total. The molecule has 16 heavy (non-hydrogen) atoms. The lowest BCUT2D eigenvalue weighted by Gasteiger charge is -2.07. The fourth-order valence-corrected chi connectivity index (χ4v) is 1.90. The van der Waals surface area contributed by atoms with Gasteiger partial charge in [-0.3, -0.25) is 0 Å². The summed E-state index contributed by atoms with van der Waals surface area (Å²) in [7, 11) is 0. The molecule has 2 aromatic rings. The first-order valence-electron chi connectivity index (χ1n) is 4.39. The number of nitrogens with zero attached hydrogens (tertiary/aromatic N) is 1. The molecule has 82 valence electrons. The molecule has 2 rings (SSSR count). The van der Waals surface area contributed by atoms with Crippen LogP contribution in [0.4, 0.5) is 4.39 Å². The Morgan fingerprint density at radius 1 is 1.25 bits per heavy atom. The molecule has 0 spiro atoms. The first-order valence-corrected chi connectivity index (χ1v) is 5.57. The van der Waals surface area contributed by atoms with Gasteiger partial charge in [0.05, 0.1) is 4.47 Å². The Balaban J connectivity index is 2.27. The standard InChI is InChI=1S/C11H6BrClFNO/c12-9-5-7(13)1-2-10(9)16-8-3-4-15-11(14)6-8/h1-6H. The van der Waals surface area contributed by atoms with Crippen molar-refractivity contribution in [1.29, 1.82) is 0 Å². The Morgan fingerprint density at radius 2 is 2.06 bits per heavy atom. The molecule has 0 bridgehead atoms. The highest BCUT2D eigenvalue weighted by Crippen LogP contribution is 2.31. The van der Waals surface area contributed by atoms with E-state index < -0.39 is 5.95 Å². The number of pyridine rings is 1. The summed E-state index contributed by atoms with van der Waals surface area (Å²) in [6.45, 7) is 0. The van der Waals surface area contributed by atoms with Gasteiger partial charge < -0.3 is 4.74 Å². The van der Waals surface area contributed by atoms with Crippen LogP contribution in [0.5, 0.6) is 11.5 Å². The van der Waals surface area contributed by atoms with E-state index in [1.807, 2.05) is 0 Å². The summed E-state index contributed by atoms with van der Waals surface area (Å²) >= 11 is 9.09. The van der Waals surface area contributed by atoms with Crippen LogP contribution in [0.3, 0.4) is 0 Å². The number of ether oxygens (including phenoxy) is 1. The van der Waals surface area contributed by atoms with Gasteiger partial charge in [0, 0.05) is 17.3 Å². The third-order valence-corrected chi connectivity index (χ3v) is 2.67. The molecule has 0 atom stereocenters. The highest BCUT2D eigenvalue weighted by molar-refractivity contribution is 9.10. The zero-order valence-electron chi connectivity index (χ0n) is 7.95. The Kier molecular flexibility index (Phi) is 3.41. The smallest absolute Gasteiger partial charge is 0.216 e. The van der Waals surface area contributed by atoms with Gasteiger partial charge in [0.15, 0.2) is 0 Å². The Bertz CT molecular complexity index is 521. The third kappa shape index (κ3) is 2.71. The molecule has 0 unspecified atom stereocenters. The van der Waals surface area contributed by atoms with Crippen molar-refractivity contribution in [2.24, 2.45) is 0 Å². The van der Waals surface area contributed by atoms with Crippen LogP contribution in [0.2, 0.25) is 5.02 Å². The second kappa shape index (κ2) is 4.80. The van der Waals surface area contributed by atoms with Crippen molar-refractivity contribution in [3.63, 3.8) is 0 Å². The van der Waals surface area contributed by atoms with Crippen molar-refractivity contribution < 1.29 is 9.13 Å². The van der Waals surface area contributed by atoms with Crippen molar-refractivity contribution in [2.75, 3.05) is 0 Å². The van der Waals surface area contributed by atoms with Crippen LogP contribution in [-0.2, 0) is 0 Å². The Hall–Kier alpha value is -1.13. The van der Waals surface area contributed by atoms with Gasteiger partial charge in [0.25, 0.3) is 0 Å². The summed E-state index contributed by atoms with van der Waals surface area (Å²) in [4.78, 5) is 3.44. The highest BCUT2D eigenvalue weighted by atomic mass is 79.9. The molecular formula is C11H6BrClFNO. The molecule has 1 heterocycles. The van der Waals surface area contributed by atoms with Crippen molar-refractivity contribution in [3.8, 4) is 11.5 Å². The fourth-order valence-electron chi connectivity index (χ4n) is 1.13. The summed E-state index contributed by atoms with van der Waals surface area (Å²) in [5.74, 6) is 0.369. The predicted molar refractivity (Wildman–Crippen MR) is 63.4 cm³/mol. The summed E-state index contributed by atoms with van der Waals surface area (Å²) in [5, 5.41) is 0.597. The van der Waals surface area contributed by atoms with Crippen LogP contribution in [0, 0.1) is 5.95 Å². The number of hydrogen-bond donors (Lipinski definition) is 0. The van der Waals surface area contributed by atoms with E-state index in [1.54, 1.807) is 24.3 Å². The van der Waals surface area contributed by atoms with E-state index in [9.17, 15) is 4.39 Å². The van der Waals surface area contributed by atoms with Crippen LogP contribution < -0.4 is 4.74 Å². The van der Waals surface area contributed by atoms with Gasteiger partial charge in [-0.05, 0) is 40.2 Å². The zero-order chi connectivity index (χ0) is 11.5. The first kappa shape index (κ1) is 11.4. The number of hydrogen-bond acceptors (Lipinski definition) is 2. The summed E-state index contributed by atoms with van der Waals surface area (Å²) < 4.78 is 19.0. The third-order valence-electron chi connectivity index (χ3n) is 1.82. The van der Waals surface area contributed by atoms with Gasteiger partial charge in [-0.25, -0.2) is 4.98 Å². The van der Waals surface area contributed by atoms with Gasteiger partial charge in [0.1, 0.15) is 11.5 Å². The summed E-state index contributed by atoms with van der Waals surface area (Å²) in [5.41, 5.74) is 0. The van der Waals surface area contributed by atoms with E-state index in [-0.39, 0.29) is 0 Å². The molecule has 0 aliphatic carbocycles. The molecule has 0 radical (unpaired) electrons. The lowest BCUT2D eigenvalue weighted by molar-refractivity contribution is 0.469. The lowest BCUT2D eigenvalue weighted by Crippen LogP contribution is -1.88. The first-order chi connectivity index (χ1) is 7.65. The van der Waals surface area contributed by atoms with Gasteiger partial charge in [-0.1, -0.05) is 11.6 Å². The predicted octanol–water partition coefficient (Wildman–Crippen LogP) is 4.43. The Labute approximate surface area is 105 Å². The van der Waals surface area contributed by atoms with E-state index in [2.05, 4.69) is 20.9 Å². The summed E-state index contributed by atoms with van der Waals surface area (Å²) in [6.07, 6.45) is 1.34. The normalized spacial score (nSPS) is 10.2. The SMILES string of the molecule is Fc1cc(Oc2ccc(Cl)cc2Br)ccn1. The van der Waals surface area contributed by atoms with Crippen LogP contribution >= 0.6 is 27.5 Å². The molecule has 0 saturated carbocycles. The van der Waals surface area contributed by atoms with Crippen molar-refractivity contribution in [2.45, 2.75) is 0 Å². The van der Waals surface area contributed by atoms with E-state index in [4.69, 9.17) is 16.3 Å². The van der Waals surface area contributed by atoms with Gasteiger partial charge in [-0.2, -0.15) is 4.39 Å². The average Bonchev–Trinajstić information content (AvgIpc) is 2.22. The Morgan fingerprint density at radius 3 is 2.75 bits per heavy atom. The van der Waals surface area contributed by atoms with E-state index in [0.717, 1.165) is 0 Å². The van der Waals surface area contributed by atoms with Crippen LogP contribution in [-0.4, -0.2) is 4.98 Å². The number of halogens is 3. The maximum Gasteiger partial charge on any atom is 0.216 e. The zero-order valence-corrected chi connectivity index (χ0v) is 10.3. The van der Waals surface area contributed by atoms with Crippen molar-refractivity contribution in [1.82, 2.24) is 4.98 Å². The van der Waals surface area contributed by atoms with E-state index in [0.29, 0.717) is 21.0 Å². The van der Waals surface area contributed by atoms with Crippen LogP contribution in [0.25, 0.3) is 0 Å². The van der Waals surface area contributed by atoms with Crippen LogP contribution in [0.1, 0.15) is 0 Å². The van der Waals surface area contributed by atoms with Gasteiger partial charge in [-0.15, -0.1) is 0 Å². The number of aromatic nitrogens is 1. The minimum absolute atomic E-state index is 0.385. The van der Waals surface area contributed by atoms with Crippen molar-refractivity contribution >= 4 is 27.5 Å². The quantitative estimate of drug-likeness (QED) is 0.766. The number of rotatable bonds is 2. The monoisotopic (exact) mass is 301 g/mol. The molecule has 2 nitrogen and oxygen atoms in total. The molecule has 0 saturated heterocycles. The molecule has 5 heteroatoms. The second-order valence-electron chi connectivity index (χ2n) is 2.99. The molecule has 0 aliphatic rings. The minimum Gasteiger partial charge on any atom is -0.456 e. The largest absolute Gasteiger partial charge is 0.456 e. The molecule has 0 fully saturated rings. The lowest BCUT2D eigenvalue weighted by atomic mass is 10.3. The molecule has 1 aromatic carbocycles. The maximum atomic E-state index is 12.8. The maximum absolute atomic E-state index is 12.8. The number of benzene rings is 1. The van der Waals surface area contributed by atoms with E-state index >= 15 is 0 Å². The second-order valence-corrected chi connectivity index (χ2v) is 4.28. The van der Waals surface area contributed by atoms with Crippen LogP contribution in [0.15, 0.2) is 41.0 Å². The topological polar surface area (TPSA) is 22.1 Å². The molecule has 0 amide bonds.